The Hall–Kier alpha value is -0.870. The number of nitrogens with zero attached hydrogens (tertiary/aromatic N) is 2. The van der Waals surface area contributed by atoms with Crippen molar-refractivity contribution < 1.29 is 4.74 Å². The van der Waals surface area contributed by atoms with E-state index in [0.717, 1.165) is 15.9 Å². The lowest BCUT2D eigenvalue weighted by molar-refractivity contribution is 0.183. The van der Waals surface area contributed by atoms with E-state index in [0.29, 0.717) is 6.61 Å². The van der Waals surface area contributed by atoms with E-state index < -0.39 is 0 Å². The molecule has 0 atom stereocenters. The molecule has 0 aliphatic heterocycles. The minimum Gasteiger partial charge on any atom is -0.378 e. The molecule has 2 aromatic rings. The smallest absolute Gasteiger partial charge is 0.182 e. The summed E-state index contributed by atoms with van der Waals surface area (Å²) in [6, 6.07) is 4.15. The summed E-state index contributed by atoms with van der Waals surface area (Å²) in [7, 11) is 1.68. The van der Waals surface area contributed by atoms with Crippen LogP contribution in [0.3, 0.4) is 0 Å². The number of rotatable bonds is 2. The SMILES string of the molecule is COCc1nc(Br)n2ccc(C)cc12. The number of hydrogen-bond donors (Lipinski definition) is 0. The van der Waals surface area contributed by atoms with E-state index in [4.69, 9.17) is 4.74 Å². The fourth-order valence-corrected chi connectivity index (χ4v) is 1.98. The third-order valence-electron chi connectivity index (χ3n) is 2.11. The van der Waals surface area contributed by atoms with Crippen LogP contribution in [0.2, 0.25) is 0 Å². The Kier molecular flexibility index (Phi) is 2.56. The molecule has 0 fully saturated rings. The minimum absolute atomic E-state index is 0.540. The summed E-state index contributed by atoms with van der Waals surface area (Å²) in [4.78, 5) is 4.38. The third kappa shape index (κ3) is 1.55. The zero-order valence-electron chi connectivity index (χ0n) is 8.12. The molecule has 4 heteroatoms. The maximum absolute atomic E-state index is 5.09. The first-order valence-electron chi connectivity index (χ1n) is 4.34. The normalized spacial score (nSPS) is 11.1. The molecule has 0 saturated heterocycles. The summed E-state index contributed by atoms with van der Waals surface area (Å²) in [5.41, 5.74) is 3.28. The van der Waals surface area contributed by atoms with E-state index in [2.05, 4.69) is 40.0 Å². The van der Waals surface area contributed by atoms with Crippen LogP contribution in [0.4, 0.5) is 0 Å². The fourth-order valence-electron chi connectivity index (χ4n) is 1.45. The van der Waals surface area contributed by atoms with Crippen LogP contribution in [0.25, 0.3) is 5.52 Å². The van der Waals surface area contributed by atoms with Gasteiger partial charge < -0.3 is 4.74 Å². The average Bonchev–Trinajstić information content (AvgIpc) is 2.44. The molecule has 0 N–H and O–H groups in total. The first-order chi connectivity index (χ1) is 6.72. The Labute approximate surface area is 90.8 Å². The predicted octanol–water partition coefficient (Wildman–Crippen LogP) is 2.55. The maximum Gasteiger partial charge on any atom is 0.182 e. The molecule has 0 radical (unpaired) electrons. The van der Waals surface area contributed by atoms with Gasteiger partial charge in [-0.3, -0.25) is 4.40 Å². The van der Waals surface area contributed by atoms with E-state index in [9.17, 15) is 0 Å². The molecule has 2 aromatic heterocycles. The van der Waals surface area contributed by atoms with Gasteiger partial charge in [0.05, 0.1) is 17.8 Å². The van der Waals surface area contributed by atoms with E-state index in [1.807, 2.05) is 10.6 Å². The first-order valence-corrected chi connectivity index (χ1v) is 5.13. The molecular formula is C10H11BrN2O. The number of ether oxygens (including phenoxy) is 1. The summed E-state index contributed by atoms with van der Waals surface area (Å²) >= 11 is 3.41. The van der Waals surface area contributed by atoms with E-state index >= 15 is 0 Å². The Morgan fingerprint density at radius 1 is 1.57 bits per heavy atom. The summed E-state index contributed by atoms with van der Waals surface area (Å²) in [6.45, 7) is 2.61. The highest BCUT2D eigenvalue weighted by Crippen LogP contribution is 2.19. The van der Waals surface area contributed by atoms with E-state index in [-0.39, 0.29) is 0 Å². The van der Waals surface area contributed by atoms with Gasteiger partial charge in [-0.15, -0.1) is 0 Å². The zero-order valence-corrected chi connectivity index (χ0v) is 9.71. The number of pyridine rings is 1. The van der Waals surface area contributed by atoms with Crippen molar-refractivity contribution in [3.8, 4) is 0 Å². The number of imidazole rings is 1. The molecular weight excluding hydrogens is 244 g/mol. The van der Waals surface area contributed by atoms with Crippen LogP contribution in [0.1, 0.15) is 11.3 Å². The molecule has 0 bridgehead atoms. The van der Waals surface area contributed by atoms with Crippen molar-refractivity contribution in [2.75, 3.05) is 7.11 Å². The maximum atomic E-state index is 5.09. The van der Waals surface area contributed by atoms with Crippen LogP contribution in [-0.4, -0.2) is 16.5 Å². The van der Waals surface area contributed by atoms with Crippen molar-refractivity contribution >= 4 is 21.4 Å². The minimum atomic E-state index is 0.540. The second-order valence-electron chi connectivity index (χ2n) is 3.22. The first kappa shape index (κ1) is 9.68. The lowest BCUT2D eigenvalue weighted by atomic mass is 10.2. The Morgan fingerprint density at radius 2 is 2.36 bits per heavy atom. The van der Waals surface area contributed by atoms with E-state index in [1.165, 1.54) is 5.56 Å². The summed E-state index contributed by atoms with van der Waals surface area (Å²) < 4.78 is 7.91. The molecule has 0 aliphatic carbocycles. The van der Waals surface area contributed by atoms with Crippen molar-refractivity contribution in [3.63, 3.8) is 0 Å². The fraction of sp³-hybridized carbons (Fsp3) is 0.300. The highest BCUT2D eigenvalue weighted by molar-refractivity contribution is 9.10. The number of methoxy groups -OCH3 is 1. The Balaban J connectivity index is 2.66. The van der Waals surface area contributed by atoms with Crippen LogP contribution in [0.5, 0.6) is 0 Å². The van der Waals surface area contributed by atoms with E-state index in [1.54, 1.807) is 7.11 Å². The van der Waals surface area contributed by atoms with Gasteiger partial charge in [-0.1, -0.05) is 0 Å². The predicted molar refractivity (Wildman–Crippen MR) is 58.3 cm³/mol. The molecule has 0 aliphatic rings. The van der Waals surface area contributed by atoms with Crippen molar-refractivity contribution in [2.24, 2.45) is 0 Å². The summed E-state index contributed by atoms with van der Waals surface area (Å²) in [5, 5.41) is 0. The Morgan fingerprint density at radius 3 is 3.07 bits per heavy atom. The molecule has 3 nitrogen and oxygen atoms in total. The zero-order chi connectivity index (χ0) is 10.1. The highest BCUT2D eigenvalue weighted by Gasteiger charge is 2.08. The molecule has 74 valence electrons. The van der Waals surface area contributed by atoms with Crippen molar-refractivity contribution in [3.05, 3.63) is 34.3 Å². The number of aromatic nitrogens is 2. The molecule has 2 heterocycles. The summed E-state index contributed by atoms with van der Waals surface area (Å²) in [5.74, 6) is 0. The molecule has 0 saturated carbocycles. The van der Waals surface area contributed by atoms with Crippen molar-refractivity contribution in [2.45, 2.75) is 13.5 Å². The van der Waals surface area contributed by atoms with Crippen molar-refractivity contribution in [1.29, 1.82) is 0 Å². The largest absolute Gasteiger partial charge is 0.378 e. The van der Waals surface area contributed by atoms with Gasteiger partial charge in [0.15, 0.2) is 4.73 Å². The third-order valence-corrected chi connectivity index (χ3v) is 2.67. The van der Waals surface area contributed by atoms with Gasteiger partial charge in [-0.2, -0.15) is 0 Å². The standard InChI is InChI=1S/C10H11BrN2O/c1-7-3-4-13-9(5-7)8(6-14-2)12-10(13)11/h3-5H,6H2,1-2H3. The highest BCUT2D eigenvalue weighted by atomic mass is 79.9. The van der Waals surface area contributed by atoms with Gasteiger partial charge in [0.1, 0.15) is 0 Å². The summed E-state index contributed by atoms with van der Waals surface area (Å²) in [6.07, 6.45) is 2.00. The number of fused-ring (bicyclic) bond motifs is 1. The van der Waals surface area contributed by atoms with Crippen LogP contribution < -0.4 is 0 Å². The average molecular weight is 255 g/mol. The van der Waals surface area contributed by atoms with Crippen LogP contribution in [0, 0.1) is 6.92 Å². The molecule has 2 rings (SSSR count). The van der Waals surface area contributed by atoms with Crippen LogP contribution in [0.15, 0.2) is 23.1 Å². The monoisotopic (exact) mass is 254 g/mol. The van der Waals surface area contributed by atoms with Gasteiger partial charge in [-0.05, 0) is 40.5 Å². The van der Waals surface area contributed by atoms with Gasteiger partial charge in [0.25, 0.3) is 0 Å². The number of halogens is 1. The number of hydrogen-bond acceptors (Lipinski definition) is 2. The topological polar surface area (TPSA) is 26.5 Å². The molecule has 0 amide bonds. The lowest BCUT2D eigenvalue weighted by Crippen LogP contribution is -1.89. The lowest BCUT2D eigenvalue weighted by Gasteiger charge is -1.98. The van der Waals surface area contributed by atoms with Gasteiger partial charge in [0.2, 0.25) is 0 Å². The molecule has 0 unspecified atom stereocenters. The number of aryl methyl sites for hydroxylation is 1. The Bertz CT molecular complexity index is 464. The second-order valence-corrected chi connectivity index (χ2v) is 3.93. The second kappa shape index (κ2) is 3.71. The van der Waals surface area contributed by atoms with Gasteiger partial charge >= 0.3 is 0 Å². The van der Waals surface area contributed by atoms with Crippen molar-refractivity contribution in [1.82, 2.24) is 9.38 Å². The molecule has 0 spiro atoms. The van der Waals surface area contributed by atoms with Gasteiger partial charge in [-0.25, -0.2) is 4.98 Å². The van der Waals surface area contributed by atoms with Crippen LogP contribution >= 0.6 is 15.9 Å². The van der Waals surface area contributed by atoms with Crippen LogP contribution in [-0.2, 0) is 11.3 Å². The quantitative estimate of drug-likeness (QED) is 0.824. The van der Waals surface area contributed by atoms with Gasteiger partial charge in [0, 0.05) is 13.3 Å². The molecule has 0 aromatic carbocycles. The molecule has 14 heavy (non-hydrogen) atoms.